The fourth-order valence-corrected chi connectivity index (χ4v) is 4.49. The van der Waals surface area contributed by atoms with Gasteiger partial charge in [-0.2, -0.15) is 13.2 Å². The molecule has 0 spiro atoms. The Morgan fingerprint density at radius 3 is 2.50 bits per heavy atom. The Balaban J connectivity index is 1.74. The second kappa shape index (κ2) is 8.81. The summed E-state index contributed by atoms with van der Waals surface area (Å²) in [6, 6.07) is 10.9. The van der Waals surface area contributed by atoms with Gasteiger partial charge in [0.05, 0.1) is 11.9 Å². The lowest BCUT2D eigenvalue weighted by molar-refractivity contribution is -0.185. The first kappa shape index (κ1) is 23.6. The molecule has 0 bridgehead atoms. The van der Waals surface area contributed by atoms with Gasteiger partial charge in [-0.05, 0) is 54.8 Å². The quantitative estimate of drug-likeness (QED) is 0.704. The molecule has 2 aromatic carbocycles. The second-order valence-corrected chi connectivity index (χ2v) is 9.31. The minimum atomic E-state index is -4.96. The lowest BCUT2D eigenvalue weighted by Gasteiger charge is -2.22. The van der Waals surface area contributed by atoms with E-state index in [0.29, 0.717) is 40.4 Å². The van der Waals surface area contributed by atoms with E-state index in [2.05, 4.69) is 5.32 Å². The molecule has 0 aliphatic carbocycles. The monoisotopic (exact) mass is 469 g/mol. The van der Waals surface area contributed by atoms with E-state index in [9.17, 15) is 31.2 Å². The average Bonchev–Trinajstić information content (AvgIpc) is 3.15. The number of benzene rings is 2. The summed E-state index contributed by atoms with van der Waals surface area (Å²) in [5, 5.41) is 2.69. The van der Waals surface area contributed by atoms with Crippen LogP contribution >= 0.6 is 0 Å². The van der Waals surface area contributed by atoms with E-state index in [4.69, 9.17) is 0 Å². The predicted octanol–water partition coefficient (Wildman–Crippen LogP) is 3.17. The maximum atomic E-state index is 12.7. The van der Waals surface area contributed by atoms with Gasteiger partial charge in [-0.3, -0.25) is 13.9 Å². The zero-order valence-corrected chi connectivity index (χ0v) is 18.3. The van der Waals surface area contributed by atoms with Crippen molar-refractivity contribution in [1.29, 1.82) is 0 Å². The van der Waals surface area contributed by atoms with E-state index in [1.807, 2.05) is 0 Å². The van der Waals surface area contributed by atoms with Gasteiger partial charge in [0.25, 0.3) is 5.91 Å². The standard InChI is InChI=1S/C21H22F3N3O4S/c1-3-26(20(29)21(22,23)24)13-14-5-4-6-17(11-14)25-19(28)16-7-8-18-15(12-16)9-10-27(18)32(2,30)31/h4-8,11-12H,3,9-10,13H2,1-2H3,(H,25,28). The maximum absolute atomic E-state index is 12.7. The molecule has 1 heterocycles. The van der Waals surface area contributed by atoms with Crippen molar-refractivity contribution >= 4 is 33.2 Å². The van der Waals surface area contributed by atoms with Crippen LogP contribution in [-0.2, 0) is 27.8 Å². The SMILES string of the molecule is CCN(Cc1cccc(NC(=O)c2ccc3c(c2)CCN3S(C)(=O)=O)c1)C(=O)C(F)(F)F. The summed E-state index contributed by atoms with van der Waals surface area (Å²) in [4.78, 5) is 24.9. The number of amides is 2. The van der Waals surface area contributed by atoms with Crippen LogP contribution in [0.5, 0.6) is 0 Å². The summed E-state index contributed by atoms with van der Waals surface area (Å²) in [7, 11) is -3.40. The molecule has 2 amide bonds. The van der Waals surface area contributed by atoms with Crippen molar-refractivity contribution in [1.82, 2.24) is 4.90 Å². The molecule has 172 valence electrons. The molecule has 0 aromatic heterocycles. The van der Waals surface area contributed by atoms with Crippen LogP contribution < -0.4 is 9.62 Å². The van der Waals surface area contributed by atoms with Crippen LogP contribution in [0, 0.1) is 0 Å². The van der Waals surface area contributed by atoms with E-state index >= 15 is 0 Å². The highest BCUT2D eigenvalue weighted by Crippen LogP contribution is 2.31. The minimum Gasteiger partial charge on any atom is -0.331 e. The number of anilines is 2. The van der Waals surface area contributed by atoms with Crippen molar-refractivity contribution in [3.63, 3.8) is 0 Å². The molecule has 0 fully saturated rings. The summed E-state index contributed by atoms with van der Waals surface area (Å²) in [6.45, 7) is 1.40. The number of sulfonamides is 1. The molecule has 0 unspecified atom stereocenters. The number of fused-ring (bicyclic) bond motifs is 1. The van der Waals surface area contributed by atoms with Crippen molar-refractivity contribution in [2.24, 2.45) is 0 Å². The van der Waals surface area contributed by atoms with Gasteiger partial charge in [0.15, 0.2) is 0 Å². The number of nitrogens with zero attached hydrogens (tertiary/aromatic N) is 2. The van der Waals surface area contributed by atoms with E-state index in [0.717, 1.165) is 11.8 Å². The number of hydrogen-bond donors (Lipinski definition) is 1. The number of carbonyl (C=O) groups is 2. The Kier molecular flexibility index (Phi) is 6.49. The van der Waals surface area contributed by atoms with Crippen LogP contribution in [0.4, 0.5) is 24.5 Å². The van der Waals surface area contributed by atoms with Gasteiger partial charge in [-0.15, -0.1) is 0 Å². The van der Waals surface area contributed by atoms with Crippen molar-refractivity contribution in [3.05, 3.63) is 59.2 Å². The van der Waals surface area contributed by atoms with Crippen molar-refractivity contribution < 1.29 is 31.2 Å². The smallest absolute Gasteiger partial charge is 0.331 e. The third kappa shape index (κ3) is 5.21. The molecule has 0 saturated heterocycles. The number of alkyl halides is 3. The molecule has 3 rings (SSSR count). The third-order valence-electron chi connectivity index (χ3n) is 5.06. The van der Waals surface area contributed by atoms with Gasteiger partial charge in [0.1, 0.15) is 0 Å². The molecular formula is C21H22F3N3O4S. The minimum absolute atomic E-state index is 0.117. The number of nitrogens with one attached hydrogen (secondary N) is 1. The molecule has 1 N–H and O–H groups in total. The van der Waals surface area contributed by atoms with Crippen LogP contribution in [0.2, 0.25) is 0 Å². The summed E-state index contributed by atoms with van der Waals surface area (Å²) in [5.41, 5.74) is 2.40. The number of hydrogen-bond acceptors (Lipinski definition) is 4. The Labute approximate surface area is 183 Å². The van der Waals surface area contributed by atoms with Gasteiger partial charge < -0.3 is 10.2 Å². The number of carbonyl (C=O) groups excluding carboxylic acids is 2. The molecule has 11 heteroatoms. The highest BCUT2D eigenvalue weighted by atomic mass is 32.2. The van der Waals surface area contributed by atoms with Crippen LogP contribution in [0.1, 0.15) is 28.4 Å². The first-order valence-electron chi connectivity index (χ1n) is 9.77. The molecule has 2 aromatic rings. The fourth-order valence-electron chi connectivity index (χ4n) is 3.53. The van der Waals surface area contributed by atoms with E-state index in [-0.39, 0.29) is 13.1 Å². The third-order valence-corrected chi connectivity index (χ3v) is 6.24. The van der Waals surface area contributed by atoms with Gasteiger partial charge in [-0.25, -0.2) is 8.42 Å². The zero-order chi connectivity index (χ0) is 23.7. The summed E-state index contributed by atoms with van der Waals surface area (Å²) in [5.74, 6) is -2.36. The first-order valence-corrected chi connectivity index (χ1v) is 11.6. The van der Waals surface area contributed by atoms with E-state index in [1.54, 1.807) is 30.3 Å². The lowest BCUT2D eigenvalue weighted by atomic mass is 10.1. The zero-order valence-electron chi connectivity index (χ0n) is 17.4. The molecule has 1 aliphatic rings. The van der Waals surface area contributed by atoms with Crippen LogP contribution in [0.3, 0.4) is 0 Å². The van der Waals surface area contributed by atoms with E-state index in [1.165, 1.54) is 23.4 Å². The molecule has 0 radical (unpaired) electrons. The fraction of sp³-hybridized carbons (Fsp3) is 0.333. The maximum Gasteiger partial charge on any atom is 0.471 e. The molecule has 7 nitrogen and oxygen atoms in total. The predicted molar refractivity (Wildman–Crippen MR) is 114 cm³/mol. The Morgan fingerprint density at radius 1 is 1.16 bits per heavy atom. The highest BCUT2D eigenvalue weighted by molar-refractivity contribution is 7.92. The van der Waals surface area contributed by atoms with Crippen LogP contribution in [-0.4, -0.2) is 50.7 Å². The molecule has 0 saturated carbocycles. The normalized spacial score (nSPS) is 13.6. The Morgan fingerprint density at radius 2 is 1.88 bits per heavy atom. The Hall–Kier alpha value is -3.08. The van der Waals surface area contributed by atoms with Crippen molar-refractivity contribution in [3.8, 4) is 0 Å². The summed E-state index contributed by atoms with van der Waals surface area (Å²) >= 11 is 0. The van der Waals surface area contributed by atoms with Crippen molar-refractivity contribution in [2.75, 3.05) is 29.0 Å². The van der Waals surface area contributed by atoms with Gasteiger partial charge in [-0.1, -0.05) is 12.1 Å². The molecule has 1 aliphatic heterocycles. The topological polar surface area (TPSA) is 86.8 Å². The van der Waals surface area contributed by atoms with E-state index < -0.39 is 28.0 Å². The molecule has 32 heavy (non-hydrogen) atoms. The first-order chi connectivity index (χ1) is 14.9. The number of rotatable bonds is 6. The molecular weight excluding hydrogens is 447 g/mol. The molecule has 0 atom stereocenters. The highest BCUT2D eigenvalue weighted by Gasteiger charge is 2.41. The van der Waals surface area contributed by atoms with Gasteiger partial charge in [0.2, 0.25) is 10.0 Å². The summed E-state index contributed by atoms with van der Waals surface area (Å²) < 4.78 is 63.2. The number of halogens is 3. The Bertz CT molecular complexity index is 1150. The largest absolute Gasteiger partial charge is 0.471 e. The second-order valence-electron chi connectivity index (χ2n) is 7.40. The van der Waals surface area contributed by atoms with Crippen LogP contribution in [0.25, 0.3) is 0 Å². The summed E-state index contributed by atoms with van der Waals surface area (Å²) in [6.07, 6.45) is -3.35. The van der Waals surface area contributed by atoms with Gasteiger partial charge >= 0.3 is 12.1 Å². The van der Waals surface area contributed by atoms with Crippen LogP contribution in [0.15, 0.2) is 42.5 Å². The lowest BCUT2D eigenvalue weighted by Crippen LogP contribution is -2.40. The van der Waals surface area contributed by atoms with Gasteiger partial charge in [0, 0.05) is 30.9 Å². The average molecular weight is 469 g/mol. The van der Waals surface area contributed by atoms with Crippen molar-refractivity contribution in [2.45, 2.75) is 26.1 Å².